The summed E-state index contributed by atoms with van der Waals surface area (Å²) >= 11 is 0. The van der Waals surface area contributed by atoms with E-state index in [0.29, 0.717) is 5.82 Å². The molecule has 0 radical (unpaired) electrons. The zero-order valence-electron chi connectivity index (χ0n) is 8.82. The first-order chi connectivity index (χ1) is 7.50. The lowest BCUT2D eigenvalue weighted by molar-refractivity contribution is 0.584. The van der Waals surface area contributed by atoms with Crippen molar-refractivity contribution in [3.63, 3.8) is 0 Å². The Balaban J connectivity index is 2.59. The van der Waals surface area contributed by atoms with E-state index in [1.54, 1.807) is 31.6 Å². The van der Waals surface area contributed by atoms with E-state index in [0.717, 1.165) is 11.8 Å². The predicted octanol–water partition coefficient (Wildman–Crippen LogP) is 0.281. The SMILES string of the molecule is Cn1c(-c2ccncc2)nn[14c]1S(C)(=O)=O. The smallest absolute Gasteiger partial charge is 0.249 e. The van der Waals surface area contributed by atoms with Gasteiger partial charge in [-0.3, -0.25) is 4.98 Å². The van der Waals surface area contributed by atoms with E-state index in [1.165, 1.54) is 4.57 Å². The molecular weight excluding hydrogens is 230 g/mol. The molecular formula is C9H10N4O2S. The highest BCUT2D eigenvalue weighted by Crippen LogP contribution is 2.17. The molecule has 2 aromatic rings. The lowest BCUT2D eigenvalue weighted by Crippen LogP contribution is -2.06. The molecule has 0 aromatic carbocycles. The van der Waals surface area contributed by atoms with Crippen LogP contribution in [0.1, 0.15) is 0 Å². The quantitative estimate of drug-likeness (QED) is 0.753. The standard InChI is InChI=1S/C9H10N4O2S/c1-13-8(7-3-5-10-6-4-7)11-12-9(13)16(2,14)15/h3-6H,1-2H3/i9+2. The second-order valence-electron chi connectivity index (χ2n) is 3.37. The predicted molar refractivity (Wildman–Crippen MR) is 57.3 cm³/mol. The highest BCUT2D eigenvalue weighted by atomic mass is 32.2. The maximum Gasteiger partial charge on any atom is 0.249 e. The largest absolute Gasteiger partial charge is 0.301 e. The van der Waals surface area contributed by atoms with Gasteiger partial charge in [-0.2, -0.15) is 0 Å². The van der Waals surface area contributed by atoms with Gasteiger partial charge in [0.15, 0.2) is 5.82 Å². The van der Waals surface area contributed by atoms with Crippen LogP contribution in [0.3, 0.4) is 0 Å². The molecule has 0 atom stereocenters. The summed E-state index contributed by atoms with van der Waals surface area (Å²) in [5, 5.41) is 7.48. The van der Waals surface area contributed by atoms with Crippen molar-refractivity contribution in [2.45, 2.75) is 5.16 Å². The topological polar surface area (TPSA) is 77.7 Å². The molecule has 16 heavy (non-hydrogen) atoms. The average molecular weight is 240 g/mol. The Morgan fingerprint density at radius 1 is 1.31 bits per heavy atom. The number of hydrogen-bond acceptors (Lipinski definition) is 5. The second-order valence-corrected chi connectivity index (χ2v) is 5.28. The summed E-state index contributed by atoms with van der Waals surface area (Å²) in [7, 11) is -1.73. The van der Waals surface area contributed by atoms with E-state index in [2.05, 4.69) is 15.2 Å². The molecule has 0 fully saturated rings. The summed E-state index contributed by atoms with van der Waals surface area (Å²) in [5.74, 6) is 0.503. The number of pyridine rings is 1. The van der Waals surface area contributed by atoms with Gasteiger partial charge in [-0.25, -0.2) is 8.42 Å². The van der Waals surface area contributed by atoms with E-state index in [1.807, 2.05) is 0 Å². The lowest BCUT2D eigenvalue weighted by atomic mass is 10.2. The minimum Gasteiger partial charge on any atom is -0.301 e. The van der Waals surface area contributed by atoms with Crippen LogP contribution in [-0.2, 0) is 16.9 Å². The van der Waals surface area contributed by atoms with Crippen LogP contribution in [0.25, 0.3) is 11.4 Å². The van der Waals surface area contributed by atoms with Crippen molar-refractivity contribution in [1.29, 1.82) is 0 Å². The fourth-order valence-corrected chi connectivity index (χ4v) is 2.16. The van der Waals surface area contributed by atoms with Crippen molar-refractivity contribution in [2.75, 3.05) is 6.26 Å². The van der Waals surface area contributed by atoms with E-state index < -0.39 is 9.84 Å². The Bertz CT molecular complexity index is 604. The summed E-state index contributed by atoms with van der Waals surface area (Å²) in [6, 6.07) is 3.49. The van der Waals surface area contributed by atoms with Crippen LogP contribution in [0.5, 0.6) is 0 Å². The normalized spacial score (nSPS) is 11.6. The van der Waals surface area contributed by atoms with Crippen molar-refractivity contribution < 1.29 is 8.42 Å². The van der Waals surface area contributed by atoms with Crippen LogP contribution in [0.15, 0.2) is 29.7 Å². The highest BCUT2D eigenvalue weighted by molar-refractivity contribution is 7.90. The van der Waals surface area contributed by atoms with Crippen LogP contribution in [0.2, 0.25) is 0 Å². The van der Waals surface area contributed by atoms with E-state index in [9.17, 15) is 8.42 Å². The summed E-state index contributed by atoms with van der Waals surface area (Å²) in [6.45, 7) is 0. The van der Waals surface area contributed by atoms with Gasteiger partial charge in [0.25, 0.3) is 0 Å². The van der Waals surface area contributed by atoms with Gasteiger partial charge in [0.05, 0.1) is 0 Å². The maximum absolute atomic E-state index is 11.4. The van der Waals surface area contributed by atoms with Crippen molar-refractivity contribution in [3.05, 3.63) is 24.5 Å². The van der Waals surface area contributed by atoms with Crippen molar-refractivity contribution in [3.8, 4) is 11.4 Å². The fraction of sp³-hybridized carbons (Fsp3) is 0.222. The molecule has 0 amide bonds. The minimum absolute atomic E-state index is 0.0423. The van der Waals surface area contributed by atoms with Crippen molar-refractivity contribution >= 4 is 9.84 Å². The molecule has 84 valence electrons. The molecule has 0 saturated carbocycles. The van der Waals surface area contributed by atoms with Crippen molar-refractivity contribution in [1.82, 2.24) is 19.7 Å². The van der Waals surface area contributed by atoms with E-state index in [4.69, 9.17) is 0 Å². The molecule has 2 heterocycles. The average Bonchev–Trinajstić information content (AvgIpc) is 2.61. The number of rotatable bonds is 2. The summed E-state index contributed by atoms with van der Waals surface area (Å²) in [4.78, 5) is 3.88. The number of sulfone groups is 1. The van der Waals surface area contributed by atoms with Crippen LogP contribution in [-0.4, -0.2) is 34.4 Å². The van der Waals surface area contributed by atoms with Gasteiger partial charge in [-0.05, 0) is 12.1 Å². The van der Waals surface area contributed by atoms with Crippen LogP contribution in [0, 0.1) is 0 Å². The first-order valence-corrected chi connectivity index (χ1v) is 6.39. The fourth-order valence-electron chi connectivity index (χ4n) is 1.39. The Morgan fingerprint density at radius 2 is 1.94 bits per heavy atom. The van der Waals surface area contributed by atoms with Crippen LogP contribution in [0.4, 0.5) is 0 Å². The molecule has 0 aliphatic heterocycles. The van der Waals surface area contributed by atoms with E-state index in [-0.39, 0.29) is 5.16 Å². The van der Waals surface area contributed by atoms with Gasteiger partial charge in [0, 0.05) is 31.3 Å². The minimum atomic E-state index is -3.35. The molecule has 0 spiro atoms. The molecule has 2 aromatic heterocycles. The summed E-state index contributed by atoms with van der Waals surface area (Å²) in [5.41, 5.74) is 0.778. The first kappa shape index (κ1) is 10.7. The maximum atomic E-state index is 11.4. The van der Waals surface area contributed by atoms with Gasteiger partial charge < -0.3 is 4.57 Å². The molecule has 0 bridgehead atoms. The Hall–Kier alpha value is -1.76. The van der Waals surface area contributed by atoms with Gasteiger partial charge in [0.2, 0.25) is 15.0 Å². The third-order valence-electron chi connectivity index (χ3n) is 2.11. The molecule has 0 aliphatic carbocycles. The Morgan fingerprint density at radius 3 is 2.44 bits per heavy atom. The Kier molecular flexibility index (Phi) is 2.47. The first-order valence-electron chi connectivity index (χ1n) is 4.50. The third-order valence-corrected chi connectivity index (χ3v) is 3.12. The monoisotopic (exact) mass is 240 g/mol. The summed E-state index contributed by atoms with van der Waals surface area (Å²) < 4.78 is 24.2. The molecule has 0 aliphatic rings. The number of aromatic nitrogens is 4. The molecule has 6 nitrogen and oxygen atoms in total. The Labute approximate surface area is 92.9 Å². The van der Waals surface area contributed by atoms with Gasteiger partial charge in [0.1, 0.15) is 0 Å². The number of hydrogen-bond donors (Lipinski definition) is 0. The molecule has 0 unspecified atom stereocenters. The zero-order valence-corrected chi connectivity index (χ0v) is 9.64. The third kappa shape index (κ3) is 1.81. The number of nitrogens with zero attached hydrogens (tertiary/aromatic N) is 4. The van der Waals surface area contributed by atoms with Gasteiger partial charge in [-0.1, -0.05) is 0 Å². The molecule has 0 N–H and O–H groups in total. The molecule has 7 heteroatoms. The second kappa shape index (κ2) is 3.67. The lowest BCUT2D eigenvalue weighted by Gasteiger charge is -2.01. The molecule has 0 saturated heterocycles. The van der Waals surface area contributed by atoms with Gasteiger partial charge >= 0.3 is 0 Å². The van der Waals surface area contributed by atoms with Gasteiger partial charge in [-0.15, -0.1) is 10.2 Å². The molecule has 2 rings (SSSR count). The summed E-state index contributed by atoms with van der Waals surface area (Å²) in [6.07, 6.45) is 4.33. The highest BCUT2D eigenvalue weighted by Gasteiger charge is 2.18. The van der Waals surface area contributed by atoms with Crippen LogP contribution < -0.4 is 0 Å². The van der Waals surface area contributed by atoms with E-state index >= 15 is 0 Å². The van der Waals surface area contributed by atoms with Crippen molar-refractivity contribution in [2.24, 2.45) is 7.05 Å². The zero-order chi connectivity index (χ0) is 11.8. The van der Waals surface area contributed by atoms with Crippen LogP contribution >= 0.6 is 0 Å².